The third-order valence-electron chi connectivity index (χ3n) is 1.20. The van der Waals surface area contributed by atoms with Crippen molar-refractivity contribution in [3.8, 4) is 0 Å². The molecule has 0 spiro atoms. The fraction of sp³-hybridized carbons (Fsp3) is 0.400. The van der Waals surface area contributed by atoms with E-state index in [1.54, 1.807) is 10.9 Å². The monoisotopic (exact) mass is 267 g/mol. The predicted octanol–water partition coefficient (Wildman–Crippen LogP) is 1.42. The first kappa shape index (κ1) is 8.44. The average molecular weight is 267 g/mol. The topological polar surface area (TPSA) is 61.0 Å². The first-order chi connectivity index (χ1) is 5.15. The molecule has 11 heavy (non-hydrogen) atoms. The highest BCUT2D eigenvalue weighted by molar-refractivity contribution is 14.1. The van der Waals surface area contributed by atoms with Gasteiger partial charge in [0.05, 0.1) is 17.8 Å². The normalized spacial score (nSPS) is 10.0. The molecule has 0 fully saturated rings. The van der Waals surface area contributed by atoms with Crippen molar-refractivity contribution >= 4 is 28.4 Å². The highest BCUT2D eigenvalue weighted by Gasteiger charge is 2.16. The van der Waals surface area contributed by atoms with Crippen LogP contribution in [0, 0.1) is 13.7 Å². The molecule has 0 aliphatic heterocycles. The van der Waals surface area contributed by atoms with Crippen LogP contribution in [0.5, 0.6) is 0 Å². The standard InChI is InChI=1S/C5H6IN3O2/c1-2-8-3-4(6)5(7-8)9(10)11/h3H,2H2,1H3. The molecule has 0 radical (unpaired) electrons. The zero-order valence-corrected chi connectivity index (χ0v) is 7.98. The van der Waals surface area contributed by atoms with Gasteiger partial charge in [-0.05, 0) is 34.4 Å². The van der Waals surface area contributed by atoms with Gasteiger partial charge in [0.25, 0.3) is 0 Å². The predicted molar refractivity (Wildman–Crippen MR) is 47.3 cm³/mol. The molecule has 0 bridgehead atoms. The first-order valence-corrected chi connectivity index (χ1v) is 4.10. The summed E-state index contributed by atoms with van der Waals surface area (Å²) in [6, 6.07) is 0. The smallest absolute Gasteiger partial charge is 0.358 e. The summed E-state index contributed by atoms with van der Waals surface area (Å²) in [4.78, 5) is 9.80. The first-order valence-electron chi connectivity index (χ1n) is 3.02. The Labute approximate surface area is 76.7 Å². The van der Waals surface area contributed by atoms with Crippen molar-refractivity contribution in [3.05, 3.63) is 19.9 Å². The molecular formula is C5H6IN3O2. The highest BCUT2D eigenvalue weighted by atomic mass is 127. The summed E-state index contributed by atoms with van der Waals surface area (Å²) in [7, 11) is 0. The van der Waals surface area contributed by atoms with Crippen LogP contribution in [0.3, 0.4) is 0 Å². The number of hydrogen-bond acceptors (Lipinski definition) is 3. The molecule has 1 aromatic heterocycles. The Balaban J connectivity index is 3.07. The minimum absolute atomic E-state index is 0.0625. The number of rotatable bonds is 2. The maximum atomic E-state index is 10.3. The van der Waals surface area contributed by atoms with Crippen LogP contribution in [0.2, 0.25) is 0 Å². The third-order valence-corrected chi connectivity index (χ3v) is 1.96. The Morgan fingerprint density at radius 2 is 2.55 bits per heavy atom. The number of halogens is 1. The lowest BCUT2D eigenvalue weighted by Crippen LogP contribution is -1.95. The summed E-state index contributed by atoms with van der Waals surface area (Å²) >= 11 is 1.89. The van der Waals surface area contributed by atoms with E-state index in [-0.39, 0.29) is 5.82 Å². The summed E-state index contributed by atoms with van der Waals surface area (Å²) in [5.74, 6) is -0.0625. The van der Waals surface area contributed by atoms with Gasteiger partial charge in [-0.15, -0.1) is 0 Å². The SMILES string of the molecule is CCn1cc(I)c([N+](=O)[O-])n1. The van der Waals surface area contributed by atoms with Gasteiger partial charge >= 0.3 is 5.82 Å². The molecule has 60 valence electrons. The van der Waals surface area contributed by atoms with E-state index in [1.165, 1.54) is 0 Å². The molecular weight excluding hydrogens is 261 g/mol. The Hall–Kier alpha value is -0.660. The number of aromatic nitrogens is 2. The Kier molecular flexibility index (Phi) is 2.42. The van der Waals surface area contributed by atoms with Crippen LogP contribution >= 0.6 is 22.6 Å². The molecule has 0 atom stereocenters. The minimum Gasteiger partial charge on any atom is -0.358 e. The quantitative estimate of drug-likeness (QED) is 0.462. The Morgan fingerprint density at radius 3 is 2.82 bits per heavy atom. The Bertz CT molecular complexity index is 283. The molecule has 0 unspecified atom stereocenters. The molecule has 0 N–H and O–H groups in total. The molecule has 0 aliphatic rings. The molecule has 0 saturated heterocycles. The molecule has 5 nitrogen and oxygen atoms in total. The minimum atomic E-state index is -0.478. The van der Waals surface area contributed by atoms with Crippen molar-refractivity contribution in [2.45, 2.75) is 13.5 Å². The molecule has 0 saturated carbocycles. The van der Waals surface area contributed by atoms with Crippen LogP contribution in [-0.2, 0) is 6.54 Å². The lowest BCUT2D eigenvalue weighted by molar-refractivity contribution is -0.390. The van der Waals surface area contributed by atoms with Crippen molar-refractivity contribution < 1.29 is 4.92 Å². The van der Waals surface area contributed by atoms with Gasteiger partial charge in [0, 0.05) is 0 Å². The van der Waals surface area contributed by atoms with E-state index in [2.05, 4.69) is 5.10 Å². The van der Waals surface area contributed by atoms with Gasteiger partial charge in [0.15, 0.2) is 0 Å². The summed E-state index contributed by atoms with van der Waals surface area (Å²) in [6.07, 6.45) is 1.65. The van der Waals surface area contributed by atoms with Crippen LogP contribution in [-0.4, -0.2) is 14.7 Å². The number of hydrogen-bond donors (Lipinski definition) is 0. The molecule has 1 heterocycles. The van der Waals surface area contributed by atoms with E-state index in [0.717, 1.165) is 0 Å². The number of nitro groups is 1. The summed E-state index contributed by atoms with van der Waals surface area (Å²) in [6.45, 7) is 2.54. The Morgan fingerprint density at radius 1 is 1.91 bits per heavy atom. The lowest BCUT2D eigenvalue weighted by Gasteiger charge is -1.85. The van der Waals surface area contributed by atoms with E-state index in [0.29, 0.717) is 10.1 Å². The maximum Gasteiger partial charge on any atom is 0.403 e. The summed E-state index contributed by atoms with van der Waals surface area (Å²) < 4.78 is 2.12. The second kappa shape index (κ2) is 3.16. The van der Waals surface area contributed by atoms with Gasteiger partial charge in [-0.2, -0.15) is 4.68 Å². The van der Waals surface area contributed by atoms with Crippen molar-refractivity contribution in [3.63, 3.8) is 0 Å². The van der Waals surface area contributed by atoms with Crippen molar-refractivity contribution in [1.29, 1.82) is 0 Å². The maximum absolute atomic E-state index is 10.3. The van der Waals surface area contributed by atoms with Gasteiger partial charge in [-0.1, -0.05) is 0 Å². The second-order valence-electron chi connectivity index (χ2n) is 1.91. The van der Waals surface area contributed by atoms with E-state index >= 15 is 0 Å². The lowest BCUT2D eigenvalue weighted by atomic mass is 10.6. The molecule has 0 amide bonds. The largest absolute Gasteiger partial charge is 0.403 e. The average Bonchev–Trinajstić information content (AvgIpc) is 2.30. The van der Waals surface area contributed by atoms with Crippen LogP contribution in [0.15, 0.2) is 6.20 Å². The fourth-order valence-corrected chi connectivity index (χ4v) is 1.30. The molecule has 0 aliphatic carbocycles. The molecule has 0 aromatic carbocycles. The van der Waals surface area contributed by atoms with Gasteiger partial charge in [-0.25, -0.2) is 0 Å². The molecule has 6 heteroatoms. The second-order valence-corrected chi connectivity index (χ2v) is 3.08. The van der Waals surface area contributed by atoms with Crippen LogP contribution in [0.4, 0.5) is 5.82 Å². The van der Waals surface area contributed by atoms with Crippen LogP contribution < -0.4 is 0 Å². The van der Waals surface area contributed by atoms with Gasteiger partial charge in [0.1, 0.15) is 3.57 Å². The van der Waals surface area contributed by atoms with E-state index in [1.807, 2.05) is 29.5 Å². The van der Waals surface area contributed by atoms with Crippen molar-refractivity contribution in [2.24, 2.45) is 0 Å². The van der Waals surface area contributed by atoms with E-state index in [9.17, 15) is 10.1 Å². The van der Waals surface area contributed by atoms with Crippen LogP contribution in [0.1, 0.15) is 6.92 Å². The third kappa shape index (κ3) is 1.67. The fourth-order valence-electron chi connectivity index (χ4n) is 0.673. The highest BCUT2D eigenvalue weighted by Crippen LogP contribution is 2.17. The van der Waals surface area contributed by atoms with Crippen LogP contribution in [0.25, 0.3) is 0 Å². The number of aryl methyl sites for hydroxylation is 1. The van der Waals surface area contributed by atoms with Gasteiger partial charge in [-0.3, -0.25) is 0 Å². The zero-order chi connectivity index (χ0) is 8.43. The van der Waals surface area contributed by atoms with Crippen molar-refractivity contribution in [2.75, 3.05) is 0 Å². The van der Waals surface area contributed by atoms with Gasteiger partial charge < -0.3 is 10.1 Å². The van der Waals surface area contributed by atoms with E-state index in [4.69, 9.17) is 0 Å². The summed E-state index contributed by atoms with van der Waals surface area (Å²) in [5.41, 5.74) is 0. The zero-order valence-electron chi connectivity index (χ0n) is 5.82. The van der Waals surface area contributed by atoms with E-state index < -0.39 is 4.92 Å². The molecule has 1 rings (SSSR count). The number of nitrogens with zero attached hydrogens (tertiary/aromatic N) is 3. The van der Waals surface area contributed by atoms with Gasteiger partial charge in [0.2, 0.25) is 0 Å². The summed E-state index contributed by atoms with van der Waals surface area (Å²) in [5, 5.41) is 14.0. The van der Waals surface area contributed by atoms with Crippen molar-refractivity contribution in [1.82, 2.24) is 9.78 Å². The molecule has 1 aromatic rings.